The molecule has 0 spiro atoms. The van der Waals surface area contributed by atoms with E-state index in [0.717, 1.165) is 11.8 Å². The van der Waals surface area contributed by atoms with Crippen LogP contribution in [-0.4, -0.2) is 16.5 Å². The molecule has 7 heteroatoms. The predicted octanol–water partition coefficient (Wildman–Crippen LogP) is 4.43. The minimum atomic E-state index is -0.492. The van der Waals surface area contributed by atoms with Gasteiger partial charge in [-0.15, -0.1) is 0 Å². The maximum Gasteiger partial charge on any atom is 0.148 e. The van der Waals surface area contributed by atoms with Crippen molar-refractivity contribution < 1.29 is 4.79 Å². The number of anilines is 1. The number of nitrogens with two attached hydrogens (primary N) is 1. The first kappa shape index (κ1) is 19.8. The van der Waals surface area contributed by atoms with Crippen LogP contribution in [0.25, 0.3) is 11.1 Å². The number of carbonyl (C=O) groups excluding carboxylic acids is 1. The molecule has 0 saturated carbocycles. The van der Waals surface area contributed by atoms with Gasteiger partial charge in [-0.05, 0) is 17.7 Å². The van der Waals surface area contributed by atoms with Crippen molar-refractivity contribution in [3.05, 3.63) is 40.4 Å². The normalized spacial score (nSPS) is 10.8. The Bertz CT molecular complexity index is 952. The third kappa shape index (κ3) is 4.16. The molecule has 0 atom stereocenters. The zero-order valence-electron chi connectivity index (χ0n) is 14.6. The van der Waals surface area contributed by atoms with E-state index in [1.807, 2.05) is 26.8 Å². The second kappa shape index (κ2) is 7.78. The lowest BCUT2D eigenvalue weighted by molar-refractivity contribution is -0.123. The van der Waals surface area contributed by atoms with E-state index < -0.39 is 5.41 Å². The molecule has 0 radical (unpaired) electrons. The van der Waals surface area contributed by atoms with E-state index in [9.17, 15) is 15.3 Å². The van der Waals surface area contributed by atoms with Crippen molar-refractivity contribution >= 4 is 35.0 Å². The van der Waals surface area contributed by atoms with Gasteiger partial charge in [0.15, 0.2) is 0 Å². The Morgan fingerprint density at radius 3 is 2.46 bits per heavy atom. The first-order valence-electron chi connectivity index (χ1n) is 7.74. The Hall–Kier alpha value is -2.54. The summed E-state index contributed by atoms with van der Waals surface area (Å²) < 4.78 is 0. The molecule has 0 aliphatic heterocycles. The predicted molar refractivity (Wildman–Crippen MR) is 104 cm³/mol. The summed E-state index contributed by atoms with van der Waals surface area (Å²) in [5, 5.41) is 20.0. The summed E-state index contributed by atoms with van der Waals surface area (Å²) in [4.78, 5) is 16.4. The molecule has 2 N–H and O–H groups in total. The van der Waals surface area contributed by atoms with Crippen LogP contribution in [0, 0.1) is 28.1 Å². The van der Waals surface area contributed by atoms with Crippen LogP contribution in [0.4, 0.5) is 5.82 Å². The minimum absolute atomic E-state index is 0.0205. The fraction of sp³-hybridized carbons (Fsp3) is 0.263. The number of Topliss-reactive ketones (excluding diaryl/α,β-unsaturated/α-hetero) is 1. The lowest BCUT2D eigenvalue weighted by Gasteiger charge is -2.17. The molecule has 5 nitrogen and oxygen atoms in total. The summed E-state index contributed by atoms with van der Waals surface area (Å²) in [6, 6.07) is 11.0. The third-order valence-corrected chi connectivity index (χ3v) is 4.92. The summed E-state index contributed by atoms with van der Waals surface area (Å²) in [5.74, 6) is 0.207. The van der Waals surface area contributed by atoms with Crippen molar-refractivity contribution in [3.8, 4) is 23.3 Å². The van der Waals surface area contributed by atoms with Gasteiger partial charge >= 0.3 is 0 Å². The fourth-order valence-corrected chi connectivity index (χ4v) is 3.53. The van der Waals surface area contributed by atoms with Crippen molar-refractivity contribution in [2.24, 2.45) is 5.41 Å². The van der Waals surface area contributed by atoms with Gasteiger partial charge in [-0.2, -0.15) is 10.5 Å². The molecule has 0 aliphatic rings. The number of aromatic nitrogens is 1. The van der Waals surface area contributed by atoms with Gasteiger partial charge in [0.1, 0.15) is 34.3 Å². The van der Waals surface area contributed by atoms with Crippen LogP contribution in [0.1, 0.15) is 31.9 Å². The highest BCUT2D eigenvalue weighted by molar-refractivity contribution is 8.00. The molecule has 0 saturated heterocycles. The minimum Gasteiger partial charge on any atom is -0.383 e. The second-order valence-electron chi connectivity index (χ2n) is 6.62. The summed E-state index contributed by atoms with van der Waals surface area (Å²) in [6.07, 6.45) is 0. The van der Waals surface area contributed by atoms with E-state index >= 15 is 0 Å². The SMILES string of the molecule is CC(C)(C)C(=O)CSc1nc(N)c(C#N)c(-c2cccc(Cl)c2)c1C#N. The molecule has 1 aromatic carbocycles. The van der Waals surface area contributed by atoms with E-state index in [1.165, 1.54) is 0 Å². The molecule has 0 aliphatic carbocycles. The molecule has 132 valence electrons. The monoisotopic (exact) mass is 384 g/mol. The molecular weight excluding hydrogens is 368 g/mol. The molecule has 0 unspecified atom stereocenters. The molecule has 1 aromatic heterocycles. The number of benzene rings is 1. The number of hydrogen-bond acceptors (Lipinski definition) is 6. The highest BCUT2D eigenvalue weighted by Gasteiger charge is 2.24. The summed E-state index contributed by atoms with van der Waals surface area (Å²) >= 11 is 7.20. The Kier molecular flexibility index (Phi) is 5.92. The van der Waals surface area contributed by atoms with Gasteiger partial charge in [-0.25, -0.2) is 4.98 Å². The molecule has 2 aromatic rings. The van der Waals surface area contributed by atoms with E-state index in [-0.39, 0.29) is 28.5 Å². The number of ketones is 1. The Balaban J connectivity index is 2.61. The zero-order valence-corrected chi connectivity index (χ0v) is 16.2. The lowest BCUT2D eigenvalue weighted by Crippen LogP contribution is -2.22. The van der Waals surface area contributed by atoms with Gasteiger partial charge in [0, 0.05) is 16.0 Å². The van der Waals surface area contributed by atoms with Gasteiger partial charge in [0.25, 0.3) is 0 Å². The lowest BCUT2D eigenvalue weighted by atomic mass is 9.92. The number of nitrogens with zero attached hydrogens (tertiary/aromatic N) is 3. The van der Waals surface area contributed by atoms with Gasteiger partial charge in [-0.3, -0.25) is 4.79 Å². The van der Waals surface area contributed by atoms with Gasteiger partial charge in [0.05, 0.1) is 11.3 Å². The van der Waals surface area contributed by atoms with E-state index in [0.29, 0.717) is 21.2 Å². The fourth-order valence-electron chi connectivity index (χ4n) is 2.19. The van der Waals surface area contributed by atoms with Crippen LogP contribution in [0.3, 0.4) is 0 Å². The number of nitriles is 2. The smallest absolute Gasteiger partial charge is 0.148 e. The van der Waals surface area contributed by atoms with E-state index in [4.69, 9.17) is 17.3 Å². The number of thioether (sulfide) groups is 1. The maximum atomic E-state index is 12.2. The van der Waals surface area contributed by atoms with Gasteiger partial charge in [-0.1, -0.05) is 56.3 Å². The highest BCUT2D eigenvalue weighted by atomic mass is 35.5. The number of halogens is 1. The Morgan fingerprint density at radius 1 is 1.27 bits per heavy atom. The zero-order chi connectivity index (χ0) is 19.5. The Labute approximate surface area is 161 Å². The van der Waals surface area contributed by atoms with Gasteiger partial charge in [0.2, 0.25) is 0 Å². The topological polar surface area (TPSA) is 104 Å². The third-order valence-electron chi connectivity index (χ3n) is 3.71. The standard InChI is InChI=1S/C19H17ClN4OS/c1-19(2,3)15(25)10-26-18-14(9-22)16(13(8-21)17(23)24-18)11-5-4-6-12(20)7-11/h4-7H,10H2,1-3H3,(H2,23,24). The molecule has 2 rings (SSSR count). The van der Waals surface area contributed by atoms with Crippen LogP contribution in [0.5, 0.6) is 0 Å². The summed E-state index contributed by atoms with van der Waals surface area (Å²) in [5.41, 5.74) is 6.78. The van der Waals surface area contributed by atoms with E-state index in [1.54, 1.807) is 24.3 Å². The average Bonchev–Trinajstić information content (AvgIpc) is 2.57. The number of pyridine rings is 1. The molecular formula is C19H17ClN4OS. The van der Waals surface area contributed by atoms with Crippen molar-refractivity contribution in [1.29, 1.82) is 10.5 Å². The van der Waals surface area contributed by atoms with Crippen LogP contribution in [0.2, 0.25) is 5.02 Å². The summed E-state index contributed by atoms with van der Waals surface area (Å²) in [7, 11) is 0. The first-order chi connectivity index (χ1) is 12.2. The summed E-state index contributed by atoms with van der Waals surface area (Å²) in [6.45, 7) is 5.50. The second-order valence-corrected chi connectivity index (χ2v) is 8.02. The van der Waals surface area contributed by atoms with Crippen molar-refractivity contribution in [2.45, 2.75) is 25.8 Å². The van der Waals surface area contributed by atoms with Crippen molar-refractivity contribution in [2.75, 3.05) is 11.5 Å². The molecule has 0 fully saturated rings. The van der Waals surface area contributed by atoms with Crippen LogP contribution in [0.15, 0.2) is 29.3 Å². The first-order valence-corrected chi connectivity index (χ1v) is 9.11. The molecule has 0 amide bonds. The number of nitrogen functional groups attached to an aromatic ring is 1. The van der Waals surface area contributed by atoms with Crippen LogP contribution < -0.4 is 5.73 Å². The van der Waals surface area contributed by atoms with Gasteiger partial charge < -0.3 is 5.73 Å². The Morgan fingerprint density at radius 2 is 1.92 bits per heavy atom. The average molecular weight is 385 g/mol. The number of carbonyl (C=O) groups is 1. The number of rotatable bonds is 4. The van der Waals surface area contributed by atoms with E-state index in [2.05, 4.69) is 11.1 Å². The van der Waals surface area contributed by atoms with Crippen molar-refractivity contribution in [3.63, 3.8) is 0 Å². The molecule has 1 heterocycles. The highest BCUT2D eigenvalue weighted by Crippen LogP contribution is 2.36. The quantitative estimate of drug-likeness (QED) is 0.781. The van der Waals surface area contributed by atoms with Crippen LogP contribution >= 0.6 is 23.4 Å². The van der Waals surface area contributed by atoms with Crippen LogP contribution in [-0.2, 0) is 4.79 Å². The largest absolute Gasteiger partial charge is 0.383 e. The molecule has 0 bridgehead atoms. The number of hydrogen-bond donors (Lipinski definition) is 1. The van der Waals surface area contributed by atoms with Crippen molar-refractivity contribution in [1.82, 2.24) is 4.98 Å². The maximum absolute atomic E-state index is 12.2. The molecule has 26 heavy (non-hydrogen) atoms.